The molecule has 1 aliphatic rings. The molecule has 0 spiro atoms. The van der Waals surface area contributed by atoms with Gasteiger partial charge in [-0.1, -0.05) is 6.07 Å². The molecule has 1 aromatic heterocycles. The molecular formula is C12H19N3O. The van der Waals surface area contributed by atoms with Gasteiger partial charge in [-0.2, -0.15) is 0 Å². The fourth-order valence-corrected chi connectivity index (χ4v) is 1.81. The number of hydrogen-bond donors (Lipinski definition) is 1. The molecule has 0 amide bonds. The van der Waals surface area contributed by atoms with Crippen LogP contribution in [0.1, 0.15) is 5.69 Å². The van der Waals surface area contributed by atoms with Gasteiger partial charge in [0.05, 0.1) is 0 Å². The van der Waals surface area contributed by atoms with Gasteiger partial charge in [0.25, 0.3) is 0 Å². The summed E-state index contributed by atoms with van der Waals surface area (Å²) in [6, 6.07) is 5.86. The Morgan fingerprint density at radius 2 is 2.19 bits per heavy atom. The van der Waals surface area contributed by atoms with Crippen LogP contribution in [0.5, 0.6) is 5.88 Å². The van der Waals surface area contributed by atoms with E-state index in [1.807, 2.05) is 25.1 Å². The zero-order valence-corrected chi connectivity index (χ0v) is 9.78. The van der Waals surface area contributed by atoms with Crippen LogP contribution in [0.25, 0.3) is 0 Å². The molecule has 4 heteroatoms. The van der Waals surface area contributed by atoms with Gasteiger partial charge in [0, 0.05) is 44.5 Å². The molecule has 1 fully saturated rings. The van der Waals surface area contributed by atoms with Crippen molar-refractivity contribution >= 4 is 0 Å². The Morgan fingerprint density at radius 1 is 1.38 bits per heavy atom. The molecule has 0 aromatic carbocycles. The number of hydrogen-bond acceptors (Lipinski definition) is 4. The van der Waals surface area contributed by atoms with Crippen LogP contribution >= 0.6 is 0 Å². The number of aromatic nitrogens is 1. The van der Waals surface area contributed by atoms with Gasteiger partial charge in [-0.05, 0) is 13.0 Å². The summed E-state index contributed by atoms with van der Waals surface area (Å²) in [6.45, 7) is 8.08. The van der Waals surface area contributed by atoms with Gasteiger partial charge >= 0.3 is 0 Å². The van der Waals surface area contributed by atoms with Crippen molar-refractivity contribution in [1.29, 1.82) is 0 Å². The maximum atomic E-state index is 5.62. The Labute approximate surface area is 96.6 Å². The predicted octanol–water partition coefficient (Wildman–Crippen LogP) is 0.674. The second-order valence-electron chi connectivity index (χ2n) is 4.06. The lowest BCUT2D eigenvalue weighted by Crippen LogP contribution is -2.44. The van der Waals surface area contributed by atoms with Crippen LogP contribution in [0.15, 0.2) is 18.2 Å². The largest absolute Gasteiger partial charge is 0.476 e. The lowest BCUT2D eigenvalue weighted by Gasteiger charge is -2.26. The number of pyridine rings is 1. The van der Waals surface area contributed by atoms with Crippen LogP contribution in [0.2, 0.25) is 0 Å². The van der Waals surface area contributed by atoms with Crippen molar-refractivity contribution < 1.29 is 4.74 Å². The summed E-state index contributed by atoms with van der Waals surface area (Å²) in [5.41, 5.74) is 1.000. The van der Waals surface area contributed by atoms with Crippen molar-refractivity contribution in [3.05, 3.63) is 23.9 Å². The normalized spacial score (nSPS) is 17.3. The van der Waals surface area contributed by atoms with E-state index >= 15 is 0 Å². The van der Waals surface area contributed by atoms with Gasteiger partial charge in [0.1, 0.15) is 6.61 Å². The van der Waals surface area contributed by atoms with Crippen LogP contribution in [0, 0.1) is 6.92 Å². The Kier molecular flexibility index (Phi) is 4.13. The van der Waals surface area contributed by atoms with E-state index in [1.165, 1.54) is 0 Å². The minimum Gasteiger partial charge on any atom is -0.476 e. The van der Waals surface area contributed by atoms with Crippen molar-refractivity contribution in [2.75, 3.05) is 39.3 Å². The molecule has 1 aliphatic heterocycles. The van der Waals surface area contributed by atoms with E-state index in [2.05, 4.69) is 15.2 Å². The molecule has 0 saturated carbocycles. The van der Waals surface area contributed by atoms with Crippen LogP contribution < -0.4 is 10.1 Å². The highest BCUT2D eigenvalue weighted by molar-refractivity contribution is 5.14. The first kappa shape index (κ1) is 11.4. The van der Waals surface area contributed by atoms with Crippen LogP contribution in [0.3, 0.4) is 0 Å². The van der Waals surface area contributed by atoms with E-state index in [-0.39, 0.29) is 0 Å². The molecule has 16 heavy (non-hydrogen) atoms. The molecule has 2 rings (SSSR count). The van der Waals surface area contributed by atoms with Crippen molar-refractivity contribution in [2.45, 2.75) is 6.92 Å². The van der Waals surface area contributed by atoms with Gasteiger partial charge in [-0.3, -0.25) is 4.90 Å². The summed E-state index contributed by atoms with van der Waals surface area (Å²) in [4.78, 5) is 6.71. The van der Waals surface area contributed by atoms with Crippen molar-refractivity contribution in [1.82, 2.24) is 15.2 Å². The second kappa shape index (κ2) is 5.82. The topological polar surface area (TPSA) is 37.4 Å². The van der Waals surface area contributed by atoms with Crippen molar-refractivity contribution in [2.24, 2.45) is 0 Å². The molecule has 2 heterocycles. The molecule has 0 atom stereocenters. The molecule has 4 nitrogen and oxygen atoms in total. The molecule has 1 saturated heterocycles. The Balaban J connectivity index is 1.71. The third-order valence-corrected chi connectivity index (χ3v) is 2.73. The zero-order chi connectivity index (χ0) is 11.2. The highest BCUT2D eigenvalue weighted by Crippen LogP contribution is 2.06. The first-order valence-corrected chi connectivity index (χ1v) is 5.84. The molecule has 0 aliphatic carbocycles. The first-order valence-electron chi connectivity index (χ1n) is 5.84. The summed E-state index contributed by atoms with van der Waals surface area (Å²) in [7, 11) is 0. The average molecular weight is 221 g/mol. The zero-order valence-electron chi connectivity index (χ0n) is 9.78. The van der Waals surface area contributed by atoms with Gasteiger partial charge < -0.3 is 10.1 Å². The summed E-state index contributed by atoms with van der Waals surface area (Å²) >= 11 is 0. The lowest BCUT2D eigenvalue weighted by molar-refractivity contribution is 0.188. The molecule has 0 radical (unpaired) electrons. The van der Waals surface area contributed by atoms with Crippen molar-refractivity contribution in [3.63, 3.8) is 0 Å². The number of ether oxygens (including phenoxy) is 1. The van der Waals surface area contributed by atoms with Crippen molar-refractivity contribution in [3.8, 4) is 5.88 Å². The molecular weight excluding hydrogens is 202 g/mol. The fraction of sp³-hybridized carbons (Fsp3) is 0.583. The van der Waals surface area contributed by atoms with Gasteiger partial charge in [-0.15, -0.1) is 0 Å². The smallest absolute Gasteiger partial charge is 0.213 e. The van der Waals surface area contributed by atoms with Crippen LogP contribution in [-0.4, -0.2) is 49.2 Å². The predicted molar refractivity (Wildman–Crippen MR) is 63.8 cm³/mol. The SMILES string of the molecule is Cc1cccc(OCCN2CCNCC2)n1. The average Bonchev–Trinajstić information content (AvgIpc) is 2.30. The Hall–Kier alpha value is -1.13. The highest BCUT2D eigenvalue weighted by atomic mass is 16.5. The fourth-order valence-electron chi connectivity index (χ4n) is 1.81. The third-order valence-electron chi connectivity index (χ3n) is 2.73. The van der Waals surface area contributed by atoms with Crippen LogP contribution in [0.4, 0.5) is 0 Å². The highest BCUT2D eigenvalue weighted by Gasteiger charge is 2.08. The first-order chi connectivity index (χ1) is 7.84. The summed E-state index contributed by atoms with van der Waals surface area (Å²) in [5.74, 6) is 0.732. The minimum absolute atomic E-state index is 0.719. The number of aryl methyl sites for hydroxylation is 1. The molecule has 0 bridgehead atoms. The molecule has 1 aromatic rings. The number of rotatable bonds is 4. The van der Waals surface area contributed by atoms with Crippen LogP contribution in [-0.2, 0) is 0 Å². The lowest BCUT2D eigenvalue weighted by atomic mass is 10.3. The quantitative estimate of drug-likeness (QED) is 0.811. The molecule has 1 N–H and O–H groups in total. The Morgan fingerprint density at radius 3 is 2.94 bits per heavy atom. The summed E-state index contributed by atoms with van der Waals surface area (Å²) in [5, 5.41) is 3.34. The molecule has 88 valence electrons. The van der Waals surface area contributed by atoms with E-state index in [4.69, 9.17) is 4.74 Å². The minimum atomic E-state index is 0.719. The van der Waals surface area contributed by atoms with E-state index in [0.717, 1.165) is 50.9 Å². The Bertz CT molecular complexity index is 324. The third kappa shape index (κ3) is 3.47. The molecule has 0 unspecified atom stereocenters. The van der Waals surface area contributed by atoms with Gasteiger partial charge in [0.15, 0.2) is 0 Å². The number of piperazine rings is 1. The number of nitrogens with zero attached hydrogens (tertiary/aromatic N) is 2. The van der Waals surface area contributed by atoms with E-state index in [1.54, 1.807) is 0 Å². The van der Waals surface area contributed by atoms with Gasteiger partial charge in [-0.25, -0.2) is 4.98 Å². The maximum absolute atomic E-state index is 5.62. The standard InChI is InChI=1S/C12H19N3O/c1-11-3-2-4-12(14-11)16-10-9-15-7-5-13-6-8-15/h2-4,13H,5-10H2,1H3. The summed E-state index contributed by atoms with van der Waals surface area (Å²) < 4.78 is 5.62. The maximum Gasteiger partial charge on any atom is 0.213 e. The van der Waals surface area contributed by atoms with E-state index in [0.29, 0.717) is 0 Å². The summed E-state index contributed by atoms with van der Waals surface area (Å²) in [6.07, 6.45) is 0. The van der Waals surface area contributed by atoms with E-state index < -0.39 is 0 Å². The monoisotopic (exact) mass is 221 g/mol. The van der Waals surface area contributed by atoms with E-state index in [9.17, 15) is 0 Å². The second-order valence-corrected chi connectivity index (χ2v) is 4.06. The number of nitrogens with one attached hydrogen (secondary N) is 1. The van der Waals surface area contributed by atoms with Gasteiger partial charge in [0.2, 0.25) is 5.88 Å².